The van der Waals surface area contributed by atoms with Gasteiger partial charge in [0, 0.05) is 19.6 Å². The van der Waals surface area contributed by atoms with Gasteiger partial charge in [-0.3, -0.25) is 9.59 Å². The lowest BCUT2D eigenvalue weighted by molar-refractivity contribution is -0.121. The zero-order valence-corrected chi connectivity index (χ0v) is 12.0. The number of anilines is 1. The monoisotopic (exact) mass is 296 g/mol. The summed E-state index contributed by atoms with van der Waals surface area (Å²) >= 11 is 6.05. The number of nitrogens with zero attached hydrogens (tertiary/aromatic N) is 2. The van der Waals surface area contributed by atoms with Crippen molar-refractivity contribution in [2.24, 2.45) is 0 Å². The van der Waals surface area contributed by atoms with Gasteiger partial charge in [-0.2, -0.15) is 0 Å². The Bertz CT molecular complexity index is 521. The Morgan fingerprint density at radius 3 is 3.10 bits per heavy atom. The minimum Gasteiger partial charge on any atom is -0.370 e. The first-order chi connectivity index (χ1) is 9.61. The van der Waals surface area contributed by atoms with Gasteiger partial charge in [-0.05, 0) is 25.5 Å². The van der Waals surface area contributed by atoms with Crippen LogP contribution in [0.1, 0.15) is 23.8 Å². The van der Waals surface area contributed by atoms with Crippen molar-refractivity contribution in [2.75, 3.05) is 31.5 Å². The maximum Gasteiger partial charge on any atom is 0.274 e. The molecule has 0 aliphatic carbocycles. The quantitative estimate of drug-likeness (QED) is 0.877. The maximum atomic E-state index is 12.4. The first kappa shape index (κ1) is 14.6. The summed E-state index contributed by atoms with van der Waals surface area (Å²) in [5.41, 5.74) is 0.180. The molecule has 0 saturated carbocycles. The van der Waals surface area contributed by atoms with Crippen molar-refractivity contribution < 1.29 is 9.59 Å². The molecule has 2 N–H and O–H groups in total. The minimum absolute atomic E-state index is 0.0439. The zero-order chi connectivity index (χ0) is 14.5. The minimum atomic E-state index is -0.313. The van der Waals surface area contributed by atoms with Gasteiger partial charge in [0.1, 0.15) is 11.5 Å². The van der Waals surface area contributed by atoms with Crippen LogP contribution in [-0.4, -0.2) is 47.9 Å². The third-order valence-corrected chi connectivity index (χ3v) is 3.26. The topological polar surface area (TPSA) is 74.3 Å². The lowest BCUT2D eigenvalue weighted by Gasteiger charge is -2.19. The second-order valence-corrected chi connectivity index (χ2v) is 4.89. The molecule has 1 fully saturated rings. The molecule has 1 aromatic rings. The summed E-state index contributed by atoms with van der Waals surface area (Å²) in [5, 5.41) is 6.06. The lowest BCUT2D eigenvalue weighted by Crippen LogP contribution is -2.37. The van der Waals surface area contributed by atoms with Crippen molar-refractivity contribution in [3.8, 4) is 0 Å². The number of halogens is 1. The standard InChI is InChI=1S/C13H17ClN4O2/c1-2-15-10-5-4-9(14)12(17-10)13(20)18-7-3-6-16-11(19)8-18/h4-5H,2-3,6-8H2,1H3,(H,15,17)(H,16,19). The molecule has 1 aliphatic heterocycles. The number of aromatic nitrogens is 1. The van der Waals surface area contributed by atoms with Crippen molar-refractivity contribution >= 4 is 29.2 Å². The van der Waals surface area contributed by atoms with Gasteiger partial charge >= 0.3 is 0 Å². The van der Waals surface area contributed by atoms with E-state index >= 15 is 0 Å². The molecule has 7 heteroatoms. The molecule has 0 bridgehead atoms. The summed E-state index contributed by atoms with van der Waals surface area (Å²) in [7, 11) is 0. The average molecular weight is 297 g/mol. The Labute approximate surface area is 122 Å². The van der Waals surface area contributed by atoms with Crippen LogP contribution in [0.25, 0.3) is 0 Å². The van der Waals surface area contributed by atoms with Crippen LogP contribution >= 0.6 is 11.6 Å². The number of hydrogen-bond acceptors (Lipinski definition) is 4. The molecule has 20 heavy (non-hydrogen) atoms. The Morgan fingerprint density at radius 2 is 2.35 bits per heavy atom. The molecule has 0 radical (unpaired) electrons. The summed E-state index contributed by atoms with van der Waals surface area (Å²) < 4.78 is 0. The van der Waals surface area contributed by atoms with Crippen molar-refractivity contribution in [1.29, 1.82) is 0 Å². The van der Waals surface area contributed by atoms with Crippen molar-refractivity contribution in [2.45, 2.75) is 13.3 Å². The predicted octanol–water partition coefficient (Wildman–Crippen LogP) is 1.13. The summed E-state index contributed by atoms with van der Waals surface area (Å²) in [5.74, 6) is 0.126. The van der Waals surface area contributed by atoms with Crippen LogP contribution in [0.5, 0.6) is 0 Å². The van der Waals surface area contributed by atoms with E-state index in [1.165, 1.54) is 4.90 Å². The molecular weight excluding hydrogens is 280 g/mol. The number of amides is 2. The molecule has 0 spiro atoms. The Hall–Kier alpha value is -1.82. The van der Waals surface area contributed by atoms with Gasteiger partial charge in [0.2, 0.25) is 5.91 Å². The molecule has 1 aliphatic rings. The van der Waals surface area contributed by atoms with E-state index in [9.17, 15) is 9.59 Å². The molecular formula is C13H17ClN4O2. The van der Waals surface area contributed by atoms with E-state index in [-0.39, 0.29) is 24.1 Å². The first-order valence-corrected chi connectivity index (χ1v) is 6.96. The van der Waals surface area contributed by atoms with Gasteiger partial charge in [0.25, 0.3) is 5.91 Å². The number of hydrogen-bond donors (Lipinski definition) is 2. The van der Waals surface area contributed by atoms with E-state index in [1.54, 1.807) is 12.1 Å². The van der Waals surface area contributed by atoms with Gasteiger partial charge < -0.3 is 15.5 Å². The number of rotatable bonds is 3. The highest BCUT2D eigenvalue weighted by Gasteiger charge is 2.24. The third-order valence-electron chi connectivity index (χ3n) is 2.96. The van der Waals surface area contributed by atoms with E-state index in [0.717, 1.165) is 6.42 Å². The average Bonchev–Trinajstić information content (AvgIpc) is 2.65. The number of carbonyl (C=O) groups excluding carboxylic acids is 2. The number of carbonyl (C=O) groups is 2. The molecule has 108 valence electrons. The van der Waals surface area contributed by atoms with E-state index in [0.29, 0.717) is 30.5 Å². The first-order valence-electron chi connectivity index (χ1n) is 6.58. The van der Waals surface area contributed by atoms with Gasteiger partial charge in [-0.1, -0.05) is 11.6 Å². The predicted molar refractivity (Wildman–Crippen MR) is 76.9 cm³/mol. The summed E-state index contributed by atoms with van der Waals surface area (Å²) in [6, 6.07) is 3.36. The van der Waals surface area contributed by atoms with Crippen molar-refractivity contribution in [1.82, 2.24) is 15.2 Å². The highest BCUT2D eigenvalue weighted by molar-refractivity contribution is 6.33. The van der Waals surface area contributed by atoms with Gasteiger partial charge in [0.15, 0.2) is 0 Å². The SMILES string of the molecule is CCNc1ccc(Cl)c(C(=O)N2CCCNC(=O)C2)n1. The van der Waals surface area contributed by atoms with E-state index in [2.05, 4.69) is 15.6 Å². The molecule has 2 heterocycles. The summed E-state index contributed by atoms with van der Waals surface area (Å²) in [6.07, 6.45) is 0.724. The molecule has 2 rings (SSSR count). The molecule has 2 amide bonds. The second-order valence-electron chi connectivity index (χ2n) is 4.49. The van der Waals surface area contributed by atoms with Crippen LogP contribution in [-0.2, 0) is 4.79 Å². The van der Waals surface area contributed by atoms with Crippen LogP contribution in [0, 0.1) is 0 Å². The number of nitrogens with one attached hydrogen (secondary N) is 2. The zero-order valence-electron chi connectivity index (χ0n) is 11.3. The molecule has 1 saturated heterocycles. The molecule has 0 unspecified atom stereocenters. The fourth-order valence-electron chi connectivity index (χ4n) is 2.00. The Kier molecular flexibility index (Phi) is 4.79. The molecule has 0 aromatic carbocycles. The highest BCUT2D eigenvalue weighted by Crippen LogP contribution is 2.19. The van der Waals surface area contributed by atoms with Crippen LogP contribution in [0.4, 0.5) is 5.82 Å². The van der Waals surface area contributed by atoms with Crippen LogP contribution in [0.3, 0.4) is 0 Å². The molecule has 1 aromatic heterocycles. The van der Waals surface area contributed by atoms with Gasteiger partial charge in [-0.25, -0.2) is 4.98 Å². The largest absolute Gasteiger partial charge is 0.370 e. The molecule has 6 nitrogen and oxygen atoms in total. The van der Waals surface area contributed by atoms with E-state index in [4.69, 9.17) is 11.6 Å². The third kappa shape index (κ3) is 3.39. The maximum absolute atomic E-state index is 12.4. The fourth-order valence-corrected chi connectivity index (χ4v) is 2.19. The van der Waals surface area contributed by atoms with E-state index in [1.807, 2.05) is 6.92 Å². The van der Waals surface area contributed by atoms with E-state index < -0.39 is 0 Å². The summed E-state index contributed by atoms with van der Waals surface area (Å²) in [4.78, 5) is 29.7. The smallest absolute Gasteiger partial charge is 0.274 e. The van der Waals surface area contributed by atoms with Crippen molar-refractivity contribution in [3.05, 3.63) is 22.8 Å². The second kappa shape index (κ2) is 6.56. The Morgan fingerprint density at radius 1 is 1.55 bits per heavy atom. The van der Waals surface area contributed by atoms with Crippen LogP contribution < -0.4 is 10.6 Å². The van der Waals surface area contributed by atoms with Crippen LogP contribution in [0.2, 0.25) is 5.02 Å². The van der Waals surface area contributed by atoms with Crippen LogP contribution in [0.15, 0.2) is 12.1 Å². The van der Waals surface area contributed by atoms with Gasteiger partial charge in [0.05, 0.1) is 11.6 Å². The summed E-state index contributed by atoms with van der Waals surface area (Å²) in [6.45, 7) is 3.79. The Balaban J connectivity index is 2.22. The van der Waals surface area contributed by atoms with Gasteiger partial charge in [-0.15, -0.1) is 0 Å². The highest BCUT2D eigenvalue weighted by atomic mass is 35.5. The fraction of sp³-hybridized carbons (Fsp3) is 0.462. The lowest BCUT2D eigenvalue weighted by atomic mass is 10.3. The number of pyridine rings is 1. The van der Waals surface area contributed by atoms with Crippen molar-refractivity contribution in [3.63, 3.8) is 0 Å². The molecule has 0 atom stereocenters. The normalized spacial score (nSPS) is 15.5.